The second-order valence-corrected chi connectivity index (χ2v) is 5.82. The molecule has 1 aliphatic rings. The van der Waals surface area contributed by atoms with Crippen LogP contribution in [0.5, 0.6) is 0 Å². The number of alkyl halides is 3. The summed E-state index contributed by atoms with van der Waals surface area (Å²) in [4.78, 5) is 0. The first-order valence-electron chi connectivity index (χ1n) is 6.23. The summed E-state index contributed by atoms with van der Waals surface area (Å²) < 4.78 is 39.4. The first-order chi connectivity index (χ1) is 8.86. The van der Waals surface area contributed by atoms with E-state index in [-0.39, 0.29) is 11.7 Å². The van der Waals surface area contributed by atoms with E-state index in [1.54, 1.807) is 6.07 Å². The minimum absolute atomic E-state index is 0.0820. The SMILES string of the molecule is CC1CC(Nc2ccc(Br)cc2C(F)(F)F)CCN1. The van der Waals surface area contributed by atoms with Gasteiger partial charge >= 0.3 is 6.18 Å². The molecule has 0 aliphatic carbocycles. The Morgan fingerprint density at radius 3 is 2.74 bits per heavy atom. The van der Waals surface area contributed by atoms with E-state index in [0.717, 1.165) is 25.5 Å². The van der Waals surface area contributed by atoms with Crippen LogP contribution in [0.25, 0.3) is 0 Å². The molecule has 2 rings (SSSR count). The molecule has 1 aromatic carbocycles. The van der Waals surface area contributed by atoms with Crippen molar-refractivity contribution in [2.45, 2.75) is 38.0 Å². The van der Waals surface area contributed by atoms with Gasteiger partial charge in [0.25, 0.3) is 0 Å². The van der Waals surface area contributed by atoms with Crippen molar-refractivity contribution in [1.29, 1.82) is 0 Å². The van der Waals surface area contributed by atoms with Gasteiger partial charge in [0.1, 0.15) is 0 Å². The summed E-state index contributed by atoms with van der Waals surface area (Å²) >= 11 is 3.09. The lowest BCUT2D eigenvalue weighted by atomic mass is 10.00. The molecule has 0 aromatic heterocycles. The fourth-order valence-electron chi connectivity index (χ4n) is 2.36. The van der Waals surface area contributed by atoms with Crippen molar-refractivity contribution in [1.82, 2.24) is 5.32 Å². The fourth-order valence-corrected chi connectivity index (χ4v) is 2.72. The van der Waals surface area contributed by atoms with Crippen LogP contribution in [-0.2, 0) is 6.18 Å². The van der Waals surface area contributed by atoms with Crippen molar-refractivity contribution < 1.29 is 13.2 Å². The average molecular weight is 337 g/mol. The lowest BCUT2D eigenvalue weighted by Gasteiger charge is -2.30. The summed E-state index contributed by atoms with van der Waals surface area (Å²) in [5.41, 5.74) is -0.456. The lowest BCUT2D eigenvalue weighted by molar-refractivity contribution is -0.137. The summed E-state index contributed by atoms with van der Waals surface area (Å²) in [5.74, 6) is 0. The van der Waals surface area contributed by atoms with Gasteiger partial charge in [0.05, 0.1) is 5.56 Å². The molecule has 2 N–H and O–H groups in total. The van der Waals surface area contributed by atoms with Gasteiger partial charge in [-0.1, -0.05) is 15.9 Å². The first-order valence-corrected chi connectivity index (χ1v) is 7.02. The molecule has 2 nitrogen and oxygen atoms in total. The predicted molar refractivity (Wildman–Crippen MR) is 73.3 cm³/mol. The van der Waals surface area contributed by atoms with Crippen molar-refractivity contribution in [3.05, 3.63) is 28.2 Å². The fraction of sp³-hybridized carbons (Fsp3) is 0.538. The van der Waals surface area contributed by atoms with E-state index in [1.165, 1.54) is 6.07 Å². The number of rotatable bonds is 2. The standard InChI is InChI=1S/C13H16BrF3N2/c1-8-6-10(4-5-18-8)19-12-3-2-9(14)7-11(12)13(15,16)17/h2-3,7-8,10,18-19H,4-6H2,1H3. The highest BCUT2D eigenvalue weighted by atomic mass is 79.9. The molecule has 0 bridgehead atoms. The van der Waals surface area contributed by atoms with E-state index in [1.807, 2.05) is 6.92 Å². The van der Waals surface area contributed by atoms with Crippen molar-refractivity contribution in [2.75, 3.05) is 11.9 Å². The Kier molecular flexibility index (Phi) is 4.40. The average Bonchev–Trinajstić information content (AvgIpc) is 2.30. The third-order valence-corrected chi connectivity index (χ3v) is 3.76. The van der Waals surface area contributed by atoms with Crippen LogP contribution in [0, 0.1) is 0 Å². The Morgan fingerprint density at radius 1 is 1.37 bits per heavy atom. The number of hydrogen-bond acceptors (Lipinski definition) is 2. The summed E-state index contributed by atoms with van der Waals surface area (Å²) in [5, 5.41) is 6.31. The minimum Gasteiger partial charge on any atom is -0.382 e. The van der Waals surface area contributed by atoms with E-state index in [0.29, 0.717) is 10.5 Å². The zero-order valence-corrected chi connectivity index (χ0v) is 12.1. The number of benzene rings is 1. The number of hydrogen-bond donors (Lipinski definition) is 2. The molecule has 1 heterocycles. The minimum atomic E-state index is -4.34. The van der Waals surface area contributed by atoms with Crippen LogP contribution in [0.4, 0.5) is 18.9 Å². The monoisotopic (exact) mass is 336 g/mol. The van der Waals surface area contributed by atoms with Crippen LogP contribution in [0.1, 0.15) is 25.3 Å². The molecule has 1 saturated heterocycles. The topological polar surface area (TPSA) is 24.1 Å². The predicted octanol–water partition coefficient (Wildman–Crippen LogP) is 4.02. The molecule has 1 aromatic rings. The summed E-state index contributed by atoms with van der Waals surface area (Å²) in [6.07, 6.45) is -2.68. The molecule has 1 aliphatic heterocycles. The van der Waals surface area contributed by atoms with Gasteiger partial charge in [-0.25, -0.2) is 0 Å². The molecular weight excluding hydrogens is 321 g/mol. The molecule has 2 atom stereocenters. The van der Waals surface area contributed by atoms with Gasteiger partial charge in [0, 0.05) is 22.2 Å². The molecular formula is C13H16BrF3N2. The van der Waals surface area contributed by atoms with Gasteiger partial charge in [0.15, 0.2) is 0 Å². The van der Waals surface area contributed by atoms with Gasteiger partial charge in [-0.3, -0.25) is 0 Å². The quantitative estimate of drug-likeness (QED) is 0.852. The molecule has 1 fully saturated rings. The van der Waals surface area contributed by atoms with Crippen LogP contribution >= 0.6 is 15.9 Å². The first kappa shape index (κ1) is 14.7. The molecule has 0 spiro atoms. The Balaban J connectivity index is 2.20. The normalized spacial score (nSPS) is 24.3. The van der Waals surface area contributed by atoms with E-state index in [9.17, 15) is 13.2 Å². The molecule has 19 heavy (non-hydrogen) atoms. The van der Waals surface area contributed by atoms with E-state index < -0.39 is 11.7 Å². The van der Waals surface area contributed by atoms with Crippen molar-refractivity contribution in [3.8, 4) is 0 Å². The Hall–Kier alpha value is -0.750. The zero-order valence-electron chi connectivity index (χ0n) is 10.5. The molecule has 6 heteroatoms. The van der Waals surface area contributed by atoms with Crippen LogP contribution in [0.15, 0.2) is 22.7 Å². The van der Waals surface area contributed by atoms with Crippen molar-refractivity contribution >= 4 is 21.6 Å². The van der Waals surface area contributed by atoms with Crippen LogP contribution < -0.4 is 10.6 Å². The number of anilines is 1. The molecule has 0 saturated carbocycles. The van der Waals surface area contributed by atoms with Crippen LogP contribution in [-0.4, -0.2) is 18.6 Å². The maximum atomic E-state index is 13.0. The molecule has 106 valence electrons. The number of nitrogens with one attached hydrogen (secondary N) is 2. The maximum absolute atomic E-state index is 13.0. The van der Waals surface area contributed by atoms with Gasteiger partial charge in [-0.2, -0.15) is 13.2 Å². The van der Waals surface area contributed by atoms with Crippen molar-refractivity contribution in [3.63, 3.8) is 0 Å². The number of halogens is 4. The Bertz CT molecular complexity index is 448. The van der Waals surface area contributed by atoms with Crippen LogP contribution in [0.3, 0.4) is 0 Å². The molecule has 0 amide bonds. The van der Waals surface area contributed by atoms with Gasteiger partial charge < -0.3 is 10.6 Å². The Morgan fingerprint density at radius 2 is 2.11 bits per heavy atom. The third-order valence-electron chi connectivity index (χ3n) is 3.27. The van der Waals surface area contributed by atoms with Gasteiger partial charge in [-0.15, -0.1) is 0 Å². The summed E-state index contributed by atoms with van der Waals surface area (Å²) in [6, 6.07) is 4.64. The van der Waals surface area contributed by atoms with E-state index in [4.69, 9.17) is 0 Å². The molecule has 2 unspecified atom stereocenters. The van der Waals surface area contributed by atoms with Gasteiger partial charge in [0.2, 0.25) is 0 Å². The maximum Gasteiger partial charge on any atom is 0.418 e. The highest BCUT2D eigenvalue weighted by molar-refractivity contribution is 9.10. The Labute approximate surface area is 118 Å². The highest BCUT2D eigenvalue weighted by Gasteiger charge is 2.34. The lowest BCUT2D eigenvalue weighted by Crippen LogP contribution is -2.41. The zero-order chi connectivity index (χ0) is 14.0. The summed E-state index contributed by atoms with van der Waals surface area (Å²) in [7, 11) is 0. The van der Waals surface area contributed by atoms with Crippen molar-refractivity contribution in [2.24, 2.45) is 0 Å². The summed E-state index contributed by atoms with van der Waals surface area (Å²) in [6.45, 7) is 2.87. The van der Waals surface area contributed by atoms with Gasteiger partial charge in [-0.05, 0) is 44.5 Å². The highest BCUT2D eigenvalue weighted by Crippen LogP contribution is 2.37. The number of piperidine rings is 1. The second kappa shape index (κ2) is 5.71. The van der Waals surface area contributed by atoms with Crippen LogP contribution in [0.2, 0.25) is 0 Å². The largest absolute Gasteiger partial charge is 0.418 e. The van der Waals surface area contributed by atoms with E-state index >= 15 is 0 Å². The smallest absolute Gasteiger partial charge is 0.382 e. The third kappa shape index (κ3) is 3.86. The second-order valence-electron chi connectivity index (χ2n) is 4.91. The van der Waals surface area contributed by atoms with E-state index in [2.05, 4.69) is 26.6 Å². The molecule has 0 radical (unpaired) electrons.